The van der Waals surface area contributed by atoms with Gasteiger partial charge in [0.2, 0.25) is 11.8 Å². The number of benzene rings is 1. The maximum absolute atomic E-state index is 13.0. The van der Waals surface area contributed by atoms with Crippen molar-refractivity contribution < 1.29 is 14.7 Å². The summed E-state index contributed by atoms with van der Waals surface area (Å²) in [6.07, 6.45) is 2.91. The maximum atomic E-state index is 13.0. The van der Waals surface area contributed by atoms with E-state index in [2.05, 4.69) is 4.90 Å². The molecule has 2 saturated heterocycles. The number of hydrogen-bond acceptors (Lipinski definition) is 5. The summed E-state index contributed by atoms with van der Waals surface area (Å²) in [6, 6.07) is 8.10. The van der Waals surface area contributed by atoms with Crippen LogP contribution >= 0.6 is 11.8 Å². The number of amides is 2. The zero-order chi connectivity index (χ0) is 19.4. The van der Waals surface area contributed by atoms with E-state index in [0.29, 0.717) is 39.1 Å². The van der Waals surface area contributed by atoms with Gasteiger partial charge in [0.1, 0.15) is 0 Å². The van der Waals surface area contributed by atoms with Gasteiger partial charge in [-0.1, -0.05) is 12.1 Å². The van der Waals surface area contributed by atoms with Crippen LogP contribution in [0.4, 0.5) is 0 Å². The van der Waals surface area contributed by atoms with E-state index in [1.165, 1.54) is 4.90 Å². The molecule has 0 saturated carbocycles. The molecule has 0 aromatic heterocycles. The average molecular weight is 392 g/mol. The molecular weight excluding hydrogens is 362 g/mol. The van der Waals surface area contributed by atoms with Crippen molar-refractivity contribution in [1.29, 1.82) is 0 Å². The molecular formula is C20H29N3O3S. The average Bonchev–Trinajstić information content (AvgIpc) is 3.07. The first kappa shape index (κ1) is 20.2. The number of aliphatic hydroxyl groups excluding tert-OH is 1. The fourth-order valence-corrected chi connectivity index (χ4v) is 4.33. The number of carbonyl (C=O) groups excluding carboxylic acids is 2. The predicted molar refractivity (Wildman–Crippen MR) is 107 cm³/mol. The van der Waals surface area contributed by atoms with Gasteiger partial charge in [-0.2, -0.15) is 0 Å². The second-order valence-electron chi connectivity index (χ2n) is 7.43. The van der Waals surface area contributed by atoms with Gasteiger partial charge in [0, 0.05) is 51.1 Å². The van der Waals surface area contributed by atoms with Crippen LogP contribution in [0.1, 0.15) is 18.9 Å². The third-order valence-electron chi connectivity index (χ3n) is 5.48. The van der Waals surface area contributed by atoms with Crippen LogP contribution in [-0.4, -0.2) is 89.3 Å². The van der Waals surface area contributed by atoms with Gasteiger partial charge >= 0.3 is 0 Å². The molecule has 148 valence electrons. The fraction of sp³-hybridized carbons (Fsp3) is 0.600. The van der Waals surface area contributed by atoms with E-state index in [0.717, 1.165) is 18.5 Å². The van der Waals surface area contributed by atoms with Crippen LogP contribution in [0.3, 0.4) is 0 Å². The topological polar surface area (TPSA) is 64.1 Å². The van der Waals surface area contributed by atoms with E-state index in [-0.39, 0.29) is 24.0 Å². The molecule has 2 aliphatic heterocycles. The highest BCUT2D eigenvalue weighted by Crippen LogP contribution is 2.19. The molecule has 1 aromatic rings. The lowest BCUT2D eigenvalue weighted by Gasteiger charge is -2.42. The Kier molecular flexibility index (Phi) is 6.78. The Balaban J connectivity index is 1.67. The van der Waals surface area contributed by atoms with Gasteiger partial charge in [0.15, 0.2) is 0 Å². The first-order valence-electron chi connectivity index (χ1n) is 9.54. The first-order chi connectivity index (χ1) is 13.0. The minimum absolute atomic E-state index is 0.0223. The van der Waals surface area contributed by atoms with Crippen molar-refractivity contribution in [3.05, 3.63) is 29.8 Å². The molecule has 1 aromatic carbocycles. The summed E-state index contributed by atoms with van der Waals surface area (Å²) in [7, 11) is 0. The second kappa shape index (κ2) is 9.08. The number of rotatable bonds is 5. The monoisotopic (exact) mass is 391 g/mol. The Hall–Kier alpha value is -1.57. The molecule has 3 rings (SSSR count). The lowest BCUT2D eigenvalue weighted by Crippen LogP contribution is -2.59. The lowest BCUT2D eigenvalue weighted by atomic mass is 10.1. The molecule has 1 unspecified atom stereocenters. The number of piperazine rings is 1. The van der Waals surface area contributed by atoms with Gasteiger partial charge in [-0.15, -0.1) is 11.8 Å². The Bertz CT molecular complexity index is 667. The molecule has 1 N–H and O–H groups in total. The van der Waals surface area contributed by atoms with Crippen LogP contribution in [0.15, 0.2) is 29.2 Å². The number of hydrogen-bond donors (Lipinski definition) is 1. The van der Waals surface area contributed by atoms with E-state index in [1.807, 2.05) is 40.3 Å². The van der Waals surface area contributed by atoms with Crippen LogP contribution in [0.2, 0.25) is 0 Å². The summed E-state index contributed by atoms with van der Waals surface area (Å²) >= 11 is 1.69. The number of nitrogens with zero attached hydrogens (tertiary/aromatic N) is 3. The predicted octanol–water partition coefficient (Wildman–Crippen LogP) is 1.08. The molecule has 6 nitrogen and oxygen atoms in total. The van der Waals surface area contributed by atoms with Crippen LogP contribution < -0.4 is 0 Å². The Morgan fingerprint density at radius 1 is 1.15 bits per heavy atom. The summed E-state index contributed by atoms with van der Waals surface area (Å²) in [6.45, 7) is 5.51. The molecule has 0 aliphatic carbocycles. The quantitative estimate of drug-likeness (QED) is 0.761. The molecule has 0 bridgehead atoms. The van der Waals surface area contributed by atoms with Crippen molar-refractivity contribution in [2.24, 2.45) is 0 Å². The maximum Gasteiger partial charge on any atom is 0.227 e. The van der Waals surface area contributed by atoms with Gasteiger partial charge in [-0.25, -0.2) is 0 Å². The summed E-state index contributed by atoms with van der Waals surface area (Å²) in [5, 5.41) is 9.79. The van der Waals surface area contributed by atoms with Crippen molar-refractivity contribution >= 4 is 23.6 Å². The SMILES string of the molecule is CSc1ccc(CC(=O)N2CCN(C(C)=O)CC2CN2CC[C@H](O)C2)cc1. The van der Waals surface area contributed by atoms with Crippen molar-refractivity contribution in [1.82, 2.24) is 14.7 Å². The second-order valence-corrected chi connectivity index (χ2v) is 8.31. The number of aliphatic hydroxyl groups is 1. The Labute approximate surface area is 165 Å². The van der Waals surface area contributed by atoms with Gasteiger partial charge < -0.3 is 14.9 Å². The van der Waals surface area contributed by atoms with Crippen LogP contribution in [0.5, 0.6) is 0 Å². The van der Waals surface area contributed by atoms with E-state index >= 15 is 0 Å². The molecule has 2 atom stereocenters. The molecule has 27 heavy (non-hydrogen) atoms. The Morgan fingerprint density at radius 2 is 1.89 bits per heavy atom. The summed E-state index contributed by atoms with van der Waals surface area (Å²) in [5.74, 6) is 0.168. The number of carbonyl (C=O) groups is 2. The normalized spacial score (nSPS) is 23.7. The van der Waals surface area contributed by atoms with Gasteiger partial charge in [0.05, 0.1) is 18.6 Å². The number of likely N-dealkylation sites (tertiary alicyclic amines) is 1. The summed E-state index contributed by atoms with van der Waals surface area (Å²) < 4.78 is 0. The largest absolute Gasteiger partial charge is 0.392 e. The zero-order valence-electron chi connectivity index (χ0n) is 16.1. The van der Waals surface area contributed by atoms with Crippen molar-refractivity contribution in [3.63, 3.8) is 0 Å². The minimum Gasteiger partial charge on any atom is -0.392 e. The molecule has 2 heterocycles. The third kappa shape index (κ3) is 5.24. The smallest absolute Gasteiger partial charge is 0.227 e. The lowest BCUT2D eigenvalue weighted by molar-refractivity contribution is -0.142. The standard InChI is InChI=1S/C20H29N3O3S/c1-15(24)22-9-10-23(17(13-22)12-21-8-7-18(25)14-21)20(26)11-16-3-5-19(27-2)6-4-16/h3-6,17-18,25H,7-14H2,1-2H3/t17?,18-/m0/s1. The van der Waals surface area contributed by atoms with E-state index in [1.54, 1.807) is 18.7 Å². The molecule has 0 radical (unpaired) electrons. The Morgan fingerprint density at radius 3 is 2.48 bits per heavy atom. The molecule has 2 amide bonds. The summed E-state index contributed by atoms with van der Waals surface area (Å²) in [5.41, 5.74) is 1.02. The first-order valence-corrected chi connectivity index (χ1v) is 10.8. The summed E-state index contributed by atoms with van der Waals surface area (Å²) in [4.78, 5) is 32.0. The van der Waals surface area contributed by atoms with Crippen molar-refractivity contribution in [2.45, 2.75) is 36.8 Å². The molecule has 0 spiro atoms. The number of β-amino-alcohol motifs (C(OH)–C–C–N with tert-alkyl or cyclic N) is 1. The van der Waals surface area contributed by atoms with Crippen LogP contribution in [-0.2, 0) is 16.0 Å². The molecule has 2 aliphatic rings. The van der Waals surface area contributed by atoms with Crippen LogP contribution in [0.25, 0.3) is 0 Å². The highest BCUT2D eigenvalue weighted by atomic mass is 32.2. The molecule has 2 fully saturated rings. The minimum atomic E-state index is -0.281. The fourth-order valence-electron chi connectivity index (χ4n) is 3.92. The van der Waals surface area contributed by atoms with Gasteiger partial charge in [-0.05, 0) is 30.4 Å². The van der Waals surface area contributed by atoms with E-state index in [9.17, 15) is 14.7 Å². The number of thioether (sulfide) groups is 1. The van der Waals surface area contributed by atoms with Crippen molar-refractivity contribution in [3.8, 4) is 0 Å². The van der Waals surface area contributed by atoms with E-state index in [4.69, 9.17) is 0 Å². The molecule has 7 heteroatoms. The van der Waals surface area contributed by atoms with Crippen LogP contribution in [0, 0.1) is 0 Å². The van der Waals surface area contributed by atoms with Crippen molar-refractivity contribution in [2.75, 3.05) is 45.5 Å². The highest BCUT2D eigenvalue weighted by molar-refractivity contribution is 7.98. The van der Waals surface area contributed by atoms with Gasteiger partial charge in [-0.3, -0.25) is 14.5 Å². The zero-order valence-corrected chi connectivity index (χ0v) is 17.0. The highest BCUT2D eigenvalue weighted by Gasteiger charge is 2.34. The van der Waals surface area contributed by atoms with Gasteiger partial charge in [0.25, 0.3) is 0 Å². The third-order valence-corrected chi connectivity index (χ3v) is 6.22. The van der Waals surface area contributed by atoms with E-state index < -0.39 is 0 Å².